The van der Waals surface area contributed by atoms with Gasteiger partial charge in [0.15, 0.2) is 0 Å². The van der Waals surface area contributed by atoms with Crippen LogP contribution in [-0.4, -0.2) is 23.6 Å². The Hall–Kier alpha value is -2.54. The Bertz CT molecular complexity index is 787. The van der Waals surface area contributed by atoms with Gasteiger partial charge in [0.05, 0.1) is 11.4 Å². The van der Waals surface area contributed by atoms with Gasteiger partial charge in [-0.05, 0) is 32.0 Å². The maximum absolute atomic E-state index is 12.1. The highest BCUT2D eigenvalue weighted by molar-refractivity contribution is 9.10. The normalized spacial score (nSPS) is 18.0. The van der Waals surface area contributed by atoms with Crippen molar-refractivity contribution >= 4 is 50.9 Å². The number of rotatable bonds is 2. The molecule has 0 radical (unpaired) electrons. The lowest BCUT2D eigenvalue weighted by atomic mass is 10.2. The maximum atomic E-state index is 12.1. The first kappa shape index (κ1) is 15.4. The second-order valence-corrected chi connectivity index (χ2v) is 6.20. The van der Waals surface area contributed by atoms with Gasteiger partial charge in [-0.25, -0.2) is 9.80 Å². The van der Waals surface area contributed by atoms with Crippen molar-refractivity contribution in [2.45, 2.75) is 13.8 Å². The van der Waals surface area contributed by atoms with E-state index in [4.69, 9.17) is 0 Å². The number of carbonyl (C=O) groups excluding carboxylic acids is 4. The molecule has 2 heterocycles. The zero-order valence-corrected chi connectivity index (χ0v) is 13.9. The standard InChI is InChI=1S/C16H11BrN2O4/c1-8-3-13(20)18(15(8)22)11-5-10(17)6-12(7-11)19-14(21)4-9(2)16(19)23/h3-7H,1-2H3. The molecule has 0 saturated carbocycles. The number of benzene rings is 1. The van der Waals surface area contributed by atoms with E-state index in [0.717, 1.165) is 9.80 Å². The van der Waals surface area contributed by atoms with Crippen molar-refractivity contribution in [2.24, 2.45) is 0 Å². The molecule has 0 aromatic heterocycles. The van der Waals surface area contributed by atoms with E-state index < -0.39 is 23.6 Å². The molecular weight excluding hydrogens is 364 g/mol. The molecule has 6 nitrogen and oxygen atoms in total. The molecule has 0 spiro atoms. The zero-order valence-electron chi connectivity index (χ0n) is 12.3. The SMILES string of the molecule is CC1=CC(=O)N(c2cc(Br)cc(N3C(=O)C=C(C)C3=O)c2)C1=O. The fourth-order valence-corrected chi connectivity index (χ4v) is 2.95. The molecule has 1 aromatic rings. The topological polar surface area (TPSA) is 74.8 Å². The summed E-state index contributed by atoms with van der Waals surface area (Å²) in [5, 5.41) is 0. The van der Waals surface area contributed by atoms with Crippen molar-refractivity contribution in [2.75, 3.05) is 9.80 Å². The Labute approximate surface area is 140 Å². The first-order chi connectivity index (χ1) is 10.8. The quantitative estimate of drug-likeness (QED) is 0.742. The van der Waals surface area contributed by atoms with Crippen molar-refractivity contribution in [3.05, 3.63) is 46.0 Å². The molecule has 3 rings (SSSR count). The molecule has 116 valence electrons. The molecule has 0 atom stereocenters. The summed E-state index contributed by atoms with van der Waals surface area (Å²) < 4.78 is 0.542. The van der Waals surface area contributed by atoms with Gasteiger partial charge in [0.25, 0.3) is 23.6 Å². The van der Waals surface area contributed by atoms with Gasteiger partial charge in [-0.2, -0.15) is 0 Å². The van der Waals surface area contributed by atoms with E-state index in [-0.39, 0.29) is 0 Å². The highest BCUT2D eigenvalue weighted by Gasteiger charge is 2.33. The van der Waals surface area contributed by atoms with Crippen LogP contribution in [0.25, 0.3) is 0 Å². The fourth-order valence-electron chi connectivity index (χ4n) is 2.48. The summed E-state index contributed by atoms with van der Waals surface area (Å²) in [4.78, 5) is 50.2. The first-order valence-corrected chi connectivity index (χ1v) is 7.53. The maximum Gasteiger partial charge on any atom is 0.261 e. The van der Waals surface area contributed by atoms with E-state index in [1.807, 2.05) is 0 Å². The number of nitrogens with zero attached hydrogens (tertiary/aromatic N) is 2. The minimum Gasteiger partial charge on any atom is -0.269 e. The van der Waals surface area contributed by atoms with Gasteiger partial charge in [-0.1, -0.05) is 15.9 Å². The average molecular weight is 375 g/mol. The van der Waals surface area contributed by atoms with Gasteiger partial charge in [0.1, 0.15) is 0 Å². The Morgan fingerprint density at radius 3 is 1.43 bits per heavy atom. The van der Waals surface area contributed by atoms with Crippen LogP contribution in [0.4, 0.5) is 11.4 Å². The lowest BCUT2D eigenvalue weighted by Crippen LogP contribution is -2.32. The van der Waals surface area contributed by atoms with Crippen molar-refractivity contribution in [1.29, 1.82) is 0 Å². The van der Waals surface area contributed by atoms with E-state index in [0.29, 0.717) is 27.0 Å². The molecule has 0 fully saturated rings. The Kier molecular flexibility index (Phi) is 3.52. The second kappa shape index (κ2) is 5.27. The highest BCUT2D eigenvalue weighted by Crippen LogP contribution is 2.32. The Morgan fingerprint density at radius 1 is 0.739 bits per heavy atom. The van der Waals surface area contributed by atoms with E-state index in [9.17, 15) is 19.2 Å². The highest BCUT2D eigenvalue weighted by atomic mass is 79.9. The van der Waals surface area contributed by atoms with Crippen molar-refractivity contribution in [1.82, 2.24) is 0 Å². The number of amides is 4. The van der Waals surface area contributed by atoms with Gasteiger partial charge < -0.3 is 0 Å². The summed E-state index contributed by atoms with van der Waals surface area (Å²) in [6, 6.07) is 4.63. The van der Waals surface area contributed by atoms with Crippen LogP contribution in [0.2, 0.25) is 0 Å². The van der Waals surface area contributed by atoms with Crippen LogP contribution in [0.3, 0.4) is 0 Å². The van der Waals surface area contributed by atoms with Crippen LogP contribution < -0.4 is 9.80 Å². The van der Waals surface area contributed by atoms with Gasteiger partial charge >= 0.3 is 0 Å². The summed E-state index contributed by atoms with van der Waals surface area (Å²) in [5.41, 5.74) is 1.26. The lowest BCUT2D eigenvalue weighted by Gasteiger charge is -2.20. The molecule has 0 aliphatic carbocycles. The van der Waals surface area contributed by atoms with Crippen LogP contribution in [0, 0.1) is 0 Å². The molecule has 0 N–H and O–H groups in total. The summed E-state index contributed by atoms with van der Waals surface area (Å²) in [5.74, 6) is -1.75. The number of halogens is 1. The summed E-state index contributed by atoms with van der Waals surface area (Å²) in [7, 11) is 0. The second-order valence-electron chi connectivity index (χ2n) is 5.28. The molecule has 1 aromatic carbocycles. The van der Waals surface area contributed by atoms with Gasteiger partial charge in [-0.15, -0.1) is 0 Å². The van der Waals surface area contributed by atoms with E-state index >= 15 is 0 Å². The average Bonchev–Trinajstić information content (AvgIpc) is 2.85. The van der Waals surface area contributed by atoms with E-state index in [2.05, 4.69) is 15.9 Å². The van der Waals surface area contributed by atoms with Crippen LogP contribution >= 0.6 is 15.9 Å². The molecule has 23 heavy (non-hydrogen) atoms. The van der Waals surface area contributed by atoms with Gasteiger partial charge in [-0.3, -0.25) is 19.2 Å². The number of imide groups is 2. The predicted octanol–water partition coefficient (Wildman–Crippen LogP) is 2.09. The monoisotopic (exact) mass is 374 g/mol. The molecular formula is C16H11BrN2O4. The molecule has 4 amide bonds. The molecule has 7 heteroatoms. The lowest BCUT2D eigenvalue weighted by molar-refractivity contribution is -0.121. The smallest absolute Gasteiger partial charge is 0.261 e. The fraction of sp³-hybridized carbons (Fsp3) is 0.125. The molecule has 2 aliphatic rings. The number of hydrogen-bond acceptors (Lipinski definition) is 4. The summed E-state index contributed by atoms with van der Waals surface area (Å²) >= 11 is 3.28. The van der Waals surface area contributed by atoms with Crippen LogP contribution in [0.1, 0.15) is 13.8 Å². The van der Waals surface area contributed by atoms with Crippen molar-refractivity contribution in [3.63, 3.8) is 0 Å². The minimum absolute atomic E-state index is 0.294. The van der Waals surface area contributed by atoms with Crippen LogP contribution in [-0.2, 0) is 19.2 Å². The van der Waals surface area contributed by atoms with Gasteiger partial charge in [0, 0.05) is 27.8 Å². The summed E-state index contributed by atoms with van der Waals surface area (Å²) in [6.45, 7) is 3.11. The molecule has 0 unspecified atom stereocenters. The number of hydrogen-bond donors (Lipinski definition) is 0. The van der Waals surface area contributed by atoms with Crippen molar-refractivity contribution in [3.8, 4) is 0 Å². The third-order valence-corrected chi connectivity index (χ3v) is 4.04. The number of carbonyl (C=O) groups is 4. The van der Waals surface area contributed by atoms with Crippen molar-refractivity contribution < 1.29 is 19.2 Å². The Balaban J connectivity index is 2.05. The number of anilines is 2. The summed E-state index contributed by atoms with van der Waals surface area (Å²) in [6.07, 6.45) is 2.50. The molecule has 0 bridgehead atoms. The molecule has 0 saturated heterocycles. The third kappa shape index (κ3) is 2.43. The predicted molar refractivity (Wildman–Crippen MR) is 86.6 cm³/mol. The zero-order chi connectivity index (χ0) is 16.9. The van der Waals surface area contributed by atoms with Gasteiger partial charge in [0.2, 0.25) is 0 Å². The minimum atomic E-state index is -0.454. The third-order valence-electron chi connectivity index (χ3n) is 3.59. The van der Waals surface area contributed by atoms with Crippen LogP contribution in [0.5, 0.6) is 0 Å². The molecule has 2 aliphatic heterocycles. The Morgan fingerprint density at radius 2 is 1.13 bits per heavy atom. The van der Waals surface area contributed by atoms with E-state index in [1.165, 1.54) is 18.2 Å². The van der Waals surface area contributed by atoms with E-state index in [1.54, 1.807) is 26.0 Å². The van der Waals surface area contributed by atoms with Crippen LogP contribution in [0.15, 0.2) is 46.0 Å². The first-order valence-electron chi connectivity index (χ1n) is 6.73. The largest absolute Gasteiger partial charge is 0.269 e.